The Morgan fingerprint density at radius 3 is 2.50 bits per heavy atom. The van der Waals surface area contributed by atoms with Crippen molar-refractivity contribution in [3.05, 3.63) is 22.8 Å². The minimum absolute atomic E-state index is 0.0174. The van der Waals surface area contributed by atoms with E-state index in [9.17, 15) is 4.79 Å². The van der Waals surface area contributed by atoms with Gasteiger partial charge in [-0.2, -0.15) is 0 Å². The van der Waals surface area contributed by atoms with Crippen LogP contribution < -0.4 is 0 Å². The molecule has 1 atom stereocenters. The van der Waals surface area contributed by atoms with Gasteiger partial charge in [0.2, 0.25) is 0 Å². The van der Waals surface area contributed by atoms with Crippen molar-refractivity contribution in [3.8, 4) is 0 Å². The van der Waals surface area contributed by atoms with E-state index in [-0.39, 0.29) is 5.78 Å². The number of hydrogen-bond acceptors (Lipinski definition) is 1. The molecule has 2 heteroatoms. The van der Waals surface area contributed by atoms with Crippen LogP contribution in [-0.4, -0.2) is 5.78 Å². The van der Waals surface area contributed by atoms with Crippen LogP contribution in [0.1, 0.15) is 47.0 Å². The number of ketones is 1. The largest absolute Gasteiger partial charge is 0.295 e. The van der Waals surface area contributed by atoms with E-state index in [4.69, 9.17) is 11.6 Å². The highest BCUT2D eigenvalue weighted by molar-refractivity contribution is 6.33. The molecule has 0 heterocycles. The second kappa shape index (κ2) is 5.18. The second-order valence-corrected chi connectivity index (χ2v) is 6.08. The number of halogens is 1. The van der Waals surface area contributed by atoms with Gasteiger partial charge in [0.05, 0.1) is 0 Å². The van der Waals surface area contributed by atoms with Gasteiger partial charge >= 0.3 is 0 Å². The molecule has 0 aromatic heterocycles. The van der Waals surface area contributed by atoms with Crippen molar-refractivity contribution in [2.75, 3.05) is 0 Å². The summed E-state index contributed by atoms with van der Waals surface area (Å²) in [4.78, 5) is 10.9. The van der Waals surface area contributed by atoms with Gasteiger partial charge in [0.15, 0.2) is 5.78 Å². The maximum Gasteiger partial charge on any atom is 0.154 e. The molecule has 1 unspecified atom stereocenters. The fourth-order valence-electron chi connectivity index (χ4n) is 2.11. The molecule has 16 heavy (non-hydrogen) atoms. The van der Waals surface area contributed by atoms with E-state index in [1.54, 1.807) is 0 Å². The van der Waals surface area contributed by atoms with Gasteiger partial charge in [-0.3, -0.25) is 4.79 Å². The number of rotatable bonds is 2. The Morgan fingerprint density at radius 2 is 2.12 bits per heavy atom. The zero-order valence-corrected chi connectivity index (χ0v) is 11.4. The van der Waals surface area contributed by atoms with E-state index in [1.165, 1.54) is 13.0 Å². The SMILES string of the molecule is CC(=O)/C=C(\Cl)C1=CCC(C(C)(C)C)CC1. The monoisotopic (exact) mass is 240 g/mol. The van der Waals surface area contributed by atoms with Crippen molar-refractivity contribution < 1.29 is 4.79 Å². The van der Waals surface area contributed by atoms with Crippen LogP contribution >= 0.6 is 11.6 Å². The molecule has 0 spiro atoms. The number of allylic oxidation sites excluding steroid dienone is 4. The summed E-state index contributed by atoms with van der Waals surface area (Å²) in [5, 5.41) is 0.625. The fraction of sp³-hybridized carbons (Fsp3) is 0.643. The Kier molecular flexibility index (Phi) is 4.37. The Labute approximate surface area is 104 Å². The van der Waals surface area contributed by atoms with Crippen LogP contribution in [0, 0.1) is 11.3 Å². The van der Waals surface area contributed by atoms with E-state index in [0.29, 0.717) is 10.4 Å². The molecular weight excluding hydrogens is 220 g/mol. The van der Waals surface area contributed by atoms with E-state index < -0.39 is 0 Å². The van der Waals surface area contributed by atoms with Gasteiger partial charge in [-0.05, 0) is 49.2 Å². The summed E-state index contributed by atoms with van der Waals surface area (Å²) in [7, 11) is 0. The molecule has 1 rings (SSSR count). The third-order valence-corrected chi connectivity index (χ3v) is 3.62. The molecule has 0 saturated carbocycles. The third-order valence-electron chi connectivity index (χ3n) is 3.27. The van der Waals surface area contributed by atoms with Gasteiger partial charge in [0, 0.05) is 5.03 Å². The maximum atomic E-state index is 10.9. The molecule has 1 nitrogen and oxygen atoms in total. The smallest absolute Gasteiger partial charge is 0.154 e. The van der Waals surface area contributed by atoms with Crippen molar-refractivity contribution >= 4 is 17.4 Å². The summed E-state index contributed by atoms with van der Waals surface area (Å²) in [5.41, 5.74) is 1.50. The molecule has 0 N–H and O–H groups in total. The predicted octanol–water partition coefficient (Wildman–Crippen LogP) is 4.47. The highest BCUT2D eigenvalue weighted by atomic mass is 35.5. The summed E-state index contributed by atoms with van der Waals surface area (Å²) in [5.74, 6) is 0.738. The van der Waals surface area contributed by atoms with Gasteiger partial charge < -0.3 is 0 Å². The van der Waals surface area contributed by atoms with Crippen molar-refractivity contribution in [3.63, 3.8) is 0 Å². The van der Waals surface area contributed by atoms with Crippen molar-refractivity contribution in [1.29, 1.82) is 0 Å². The lowest BCUT2D eigenvalue weighted by atomic mass is 9.73. The third kappa shape index (κ3) is 3.79. The number of carbonyl (C=O) groups excluding carboxylic acids is 1. The first kappa shape index (κ1) is 13.5. The summed E-state index contributed by atoms with van der Waals surface area (Å²) < 4.78 is 0. The number of carbonyl (C=O) groups is 1. The average molecular weight is 241 g/mol. The van der Waals surface area contributed by atoms with Crippen LogP contribution in [0.2, 0.25) is 0 Å². The first-order chi connectivity index (χ1) is 7.30. The summed E-state index contributed by atoms with van der Waals surface area (Å²) in [6, 6.07) is 0. The summed E-state index contributed by atoms with van der Waals surface area (Å²) >= 11 is 6.09. The van der Waals surface area contributed by atoms with Crippen LogP contribution in [0.5, 0.6) is 0 Å². The highest BCUT2D eigenvalue weighted by Gasteiger charge is 2.26. The Morgan fingerprint density at radius 1 is 1.50 bits per heavy atom. The van der Waals surface area contributed by atoms with Crippen LogP contribution in [0.3, 0.4) is 0 Å². The quantitative estimate of drug-likeness (QED) is 0.651. The zero-order valence-electron chi connectivity index (χ0n) is 10.6. The molecule has 0 aromatic rings. The molecular formula is C14H21ClO. The van der Waals surface area contributed by atoms with Gasteiger partial charge in [0.25, 0.3) is 0 Å². The van der Waals surface area contributed by atoms with Crippen molar-refractivity contribution in [2.24, 2.45) is 11.3 Å². The molecule has 0 radical (unpaired) electrons. The van der Waals surface area contributed by atoms with Gasteiger partial charge in [-0.15, -0.1) is 0 Å². The molecule has 0 bridgehead atoms. The lowest BCUT2D eigenvalue weighted by Crippen LogP contribution is -2.22. The normalized spacial score (nSPS) is 22.9. The molecule has 0 saturated heterocycles. The van der Waals surface area contributed by atoms with Crippen molar-refractivity contribution in [2.45, 2.75) is 47.0 Å². The van der Waals surface area contributed by atoms with Crippen LogP contribution in [0.25, 0.3) is 0 Å². The molecule has 1 aliphatic rings. The summed E-state index contributed by atoms with van der Waals surface area (Å²) in [6.45, 7) is 8.38. The topological polar surface area (TPSA) is 17.1 Å². The summed E-state index contributed by atoms with van der Waals surface area (Å²) in [6.07, 6.45) is 6.94. The first-order valence-corrected chi connectivity index (χ1v) is 6.25. The number of hydrogen-bond donors (Lipinski definition) is 0. The lowest BCUT2D eigenvalue weighted by Gasteiger charge is -2.33. The van der Waals surface area contributed by atoms with E-state index in [1.807, 2.05) is 0 Å². The molecule has 0 fully saturated rings. The molecule has 0 amide bonds. The fourth-order valence-corrected chi connectivity index (χ4v) is 2.43. The minimum Gasteiger partial charge on any atom is -0.295 e. The Hall–Kier alpha value is -0.560. The molecule has 1 aliphatic carbocycles. The zero-order chi connectivity index (χ0) is 12.3. The minimum atomic E-state index is 0.0174. The second-order valence-electron chi connectivity index (χ2n) is 5.67. The average Bonchev–Trinajstić information content (AvgIpc) is 2.15. The lowest BCUT2D eigenvalue weighted by molar-refractivity contribution is -0.112. The Balaban J connectivity index is 2.70. The molecule has 0 aromatic carbocycles. The first-order valence-electron chi connectivity index (χ1n) is 5.88. The molecule has 90 valence electrons. The van der Waals surface area contributed by atoms with Gasteiger partial charge in [-0.25, -0.2) is 0 Å². The van der Waals surface area contributed by atoms with E-state index in [2.05, 4.69) is 26.8 Å². The van der Waals surface area contributed by atoms with Crippen LogP contribution in [0.15, 0.2) is 22.8 Å². The van der Waals surface area contributed by atoms with Gasteiger partial charge in [-0.1, -0.05) is 38.4 Å². The molecule has 0 aliphatic heterocycles. The van der Waals surface area contributed by atoms with E-state index >= 15 is 0 Å². The van der Waals surface area contributed by atoms with Gasteiger partial charge in [0.1, 0.15) is 0 Å². The van der Waals surface area contributed by atoms with E-state index in [0.717, 1.165) is 30.8 Å². The Bertz CT molecular complexity index is 331. The van der Waals surface area contributed by atoms with Crippen molar-refractivity contribution in [1.82, 2.24) is 0 Å². The van der Waals surface area contributed by atoms with Crippen LogP contribution in [0.4, 0.5) is 0 Å². The standard InChI is InChI=1S/C14H21ClO/c1-10(16)9-13(15)11-5-7-12(8-6-11)14(2,3)4/h5,9,12H,6-8H2,1-4H3/b13-9-. The highest BCUT2D eigenvalue weighted by Crippen LogP contribution is 2.39. The predicted molar refractivity (Wildman–Crippen MR) is 69.5 cm³/mol. The maximum absolute atomic E-state index is 10.9. The van der Waals surface area contributed by atoms with Crippen LogP contribution in [-0.2, 0) is 4.79 Å².